The summed E-state index contributed by atoms with van der Waals surface area (Å²) in [6.45, 7) is 1.93. The Morgan fingerprint density at radius 3 is 2.48 bits per heavy atom. The summed E-state index contributed by atoms with van der Waals surface area (Å²) >= 11 is 0. The minimum absolute atomic E-state index is 0.0650. The van der Waals surface area contributed by atoms with Crippen molar-refractivity contribution in [1.29, 1.82) is 0 Å². The number of nitrogens with zero attached hydrogens (tertiary/aromatic N) is 2. The maximum absolute atomic E-state index is 12.4. The zero-order chi connectivity index (χ0) is 18.0. The first kappa shape index (κ1) is 17.3. The summed E-state index contributed by atoms with van der Waals surface area (Å²) in [4.78, 5) is 40.0. The Morgan fingerprint density at radius 1 is 1.20 bits per heavy atom. The number of piperidine rings is 1. The van der Waals surface area contributed by atoms with Gasteiger partial charge in [-0.2, -0.15) is 0 Å². The van der Waals surface area contributed by atoms with Crippen LogP contribution in [0, 0.1) is 0 Å². The van der Waals surface area contributed by atoms with Gasteiger partial charge >= 0.3 is 5.97 Å². The van der Waals surface area contributed by atoms with Crippen LogP contribution in [0.2, 0.25) is 0 Å². The van der Waals surface area contributed by atoms with Gasteiger partial charge in [0.25, 0.3) is 0 Å². The lowest BCUT2D eigenvalue weighted by Gasteiger charge is -2.41. The van der Waals surface area contributed by atoms with Gasteiger partial charge in [0.05, 0.1) is 17.8 Å². The van der Waals surface area contributed by atoms with Gasteiger partial charge in [-0.25, -0.2) is 4.79 Å². The number of aliphatic carboxylic acids is 1. The van der Waals surface area contributed by atoms with Crippen molar-refractivity contribution in [2.75, 3.05) is 26.2 Å². The van der Waals surface area contributed by atoms with Crippen molar-refractivity contribution >= 4 is 17.8 Å². The molecule has 0 aromatic rings. The van der Waals surface area contributed by atoms with E-state index in [9.17, 15) is 19.5 Å². The highest BCUT2D eigenvalue weighted by molar-refractivity contribution is 6.03. The smallest absolute Gasteiger partial charge is 0.336 e. The summed E-state index contributed by atoms with van der Waals surface area (Å²) in [6, 6.07) is 0. The molecular formula is C17H24N4O4. The first-order valence-corrected chi connectivity index (χ1v) is 8.70. The number of dihydropyridines is 1. The maximum atomic E-state index is 12.4. The van der Waals surface area contributed by atoms with E-state index in [-0.39, 0.29) is 18.0 Å². The molecule has 2 saturated heterocycles. The van der Waals surface area contributed by atoms with Crippen LogP contribution in [0.25, 0.3) is 0 Å². The van der Waals surface area contributed by atoms with Crippen LogP contribution in [0.15, 0.2) is 23.5 Å². The van der Waals surface area contributed by atoms with Crippen LogP contribution in [0.5, 0.6) is 0 Å². The summed E-state index contributed by atoms with van der Waals surface area (Å²) in [5.74, 6) is -2.06. The lowest BCUT2D eigenvalue weighted by Crippen LogP contribution is -2.64. The second-order valence-corrected chi connectivity index (χ2v) is 6.78. The zero-order valence-corrected chi connectivity index (χ0v) is 14.2. The number of likely N-dealkylation sites (tertiary alicyclic amines) is 2. The minimum Gasteiger partial charge on any atom is -0.478 e. The van der Waals surface area contributed by atoms with Crippen molar-refractivity contribution in [3.63, 3.8) is 0 Å². The molecule has 2 amide bonds. The summed E-state index contributed by atoms with van der Waals surface area (Å²) < 4.78 is 0. The van der Waals surface area contributed by atoms with E-state index in [0.29, 0.717) is 25.1 Å². The molecule has 3 rings (SSSR count). The lowest BCUT2D eigenvalue weighted by atomic mass is 9.83. The van der Waals surface area contributed by atoms with Crippen LogP contribution in [0.1, 0.15) is 32.1 Å². The molecule has 8 nitrogen and oxygen atoms in total. The number of carbonyl (C=O) groups is 3. The van der Waals surface area contributed by atoms with Gasteiger partial charge in [0.2, 0.25) is 11.8 Å². The Labute approximate surface area is 146 Å². The third kappa shape index (κ3) is 3.08. The summed E-state index contributed by atoms with van der Waals surface area (Å²) in [5.41, 5.74) is 4.48. The largest absolute Gasteiger partial charge is 0.478 e. The van der Waals surface area contributed by atoms with Crippen molar-refractivity contribution < 1.29 is 19.5 Å². The van der Waals surface area contributed by atoms with E-state index < -0.39 is 17.4 Å². The molecule has 0 aromatic heterocycles. The van der Waals surface area contributed by atoms with E-state index in [1.165, 1.54) is 4.90 Å². The molecule has 8 heteroatoms. The van der Waals surface area contributed by atoms with E-state index in [2.05, 4.69) is 5.32 Å². The number of carboxylic acids is 1. The predicted octanol–water partition coefficient (Wildman–Crippen LogP) is -0.226. The molecular weight excluding hydrogens is 324 g/mol. The first-order valence-electron chi connectivity index (χ1n) is 8.70. The Hall–Kier alpha value is -2.51. The molecule has 0 aromatic carbocycles. The number of hydrogen-bond donors (Lipinski definition) is 3. The molecule has 3 heterocycles. The van der Waals surface area contributed by atoms with Crippen LogP contribution in [-0.2, 0) is 14.4 Å². The molecule has 0 bridgehead atoms. The van der Waals surface area contributed by atoms with Crippen molar-refractivity contribution in [3.8, 4) is 0 Å². The highest BCUT2D eigenvalue weighted by Gasteiger charge is 2.49. The standard InChI is InChI=1S/C17H24N4O4/c18-16(25)17(11-21-10-4-5-13(21)22)14(15(23)24)12(6-7-19-17)20-8-2-1-3-9-20/h6-7,19H,1-5,8-11H2,(H2,18,25)(H,23,24). The van der Waals surface area contributed by atoms with Crippen molar-refractivity contribution in [3.05, 3.63) is 23.5 Å². The Balaban J connectivity index is 2.04. The second kappa shape index (κ2) is 6.78. The predicted molar refractivity (Wildman–Crippen MR) is 90.1 cm³/mol. The third-order valence-corrected chi connectivity index (χ3v) is 5.18. The van der Waals surface area contributed by atoms with Crippen LogP contribution in [0.4, 0.5) is 0 Å². The lowest BCUT2D eigenvalue weighted by molar-refractivity contribution is -0.138. The number of rotatable bonds is 5. The van der Waals surface area contributed by atoms with Gasteiger partial charge in [-0.15, -0.1) is 0 Å². The van der Waals surface area contributed by atoms with Crippen LogP contribution < -0.4 is 11.1 Å². The summed E-state index contributed by atoms with van der Waals surface area (Å²) in [6.07, 6.45) is 7.43. The van der Waals surface area contributed by atoms with Gasteiger partial charge in [0.1, 0.15) is 0 Å². The van der Waals surface area contributed by atoms with Crippen LogP contribution in [0.3, 0.4) is 0 Å². The zero-order valence-electron chi connectivity index (χ0n) is 14.2. The Morgan fingerprint density at radius 2 is 1.92 bits per heavy atom. The van der Waals surface area contributed by atoms with Crippen molar-refractivity contribution in [2.45, 2.75) is 37.6 Å². The molecule has 1 unspecified atom stereocenters. The molecule has 3 aliphatic rings. The van der Waals surface area contributed by atoms with E-state index in [1.807, 2.05) is 4.90 Å². The number of amides is 2. The molecule has 1 atom stereocenters. The molecule has 0 aliphatic carbocycles. The molecule has 3 aliphatic heterocycles. The summed E-state index contributed by atoms with van der Waals surface area (Å²) in [5, 5.41) is 12.8. The average molecular weight is 348 g/mol. The monoisotopic (exact) mass is 348 g/mol. The quantitative estimate of drug-likeness (QED) is 0.632. The number of primary amides is 1. The highest BCUT2D eigenvalue weighted by atomic mass is 16.4. The fraction of sp³-hybridized carbons (Fsp3) is 0.588. The topological polar surface area (TPSA) is 116 Å². The fourth-order valence-electron chi connectivity index (χ4n) is 3.88. The number of carbonyl (C=O) groups excluding carboxylic acids is 2. The molecule has 136 valence electrons. The van der Waals surface area contributed by atoms with Crippen molar-refractivity contribution in [2.24, 2.45) is 5.73 Å². The van der Waals surface area contributed by atoms with Gasteiger partial charge in [-0.05, 0) is 38.0 Å². The van der Waals surface area contributed by atoms with E-state index >= 15 is 0 Å². The number of nitrogens with one attached hydrogen (secondary N) is 1. The van der Waals surface area contributed by atoms with Crippen LogP contribution >= 0.6 is 0 Å². The van der Waals surface area contributed by atoms with E-state index in [0.717, 1.165) is 32.4 Å². The molecule has 4 N–H and O–H groups in total. The van der Waals surface area contributed by atoms with Gasteiger partial charge in [0.15, 0.2) is 5.54 Å². The maximum Gasteiger partial charge on any atom is 0.336 e. The van der Waals surface area contributed by atoms with Gasteiger partial charge < -0.3 is 26.0 Å². The average Bonchev–Trinajstić information content (AvgIpc) is 2.99. The van der Waals surface area contributed by atoms with E-state index in [1.54, 1.807) is 12.3 Å². The number of allylic oxidation sites excluding steroid dienone is 1. The number of nitrogens with two attached hydrogens (primary N) is 1. The van der Waals surface area contributed by atoms with E-state index in [4.69, 9.17) is 5.73 Å². The van der Waals surface area contributed by atoms with Gasteiger partial charge in [0, 0.05) is 26.1 Å². The van der Waals surface area contributed by atoms with Gasteiger partial charge in [-0.1, -0.05) is 0 Å². The number of carboxylic acid groups (broad SMARTS) is 1. The molecule has 25 heavy (non-hydrogen) atoms. The molecule has 0 spiro atoms. The van der Waals surface area contributed by atoms with Crippen LogP contribution in [-0.4, -0.2) is 64.4 Å². The SMILES string of the molecule is NC(=O)C1(CN2CCCC2=O)NC=CC(N2CCCCC2)=C1C(=O)O. The summed E-state index contributed by atoms with van der Waals surface area (Å²) in [7, 11) is 0. The first-order chi connectivity index (χ1) is 12.0. The third-order valence-electron chi connectivity index (χ3n) is 5.18. The number of hydrogen-bond acceptors (Lipinski definition) is 5. The van der Waals surface area contributed by atoms with Crippen molar-refractivity contribution in [1.82, 2.24) is 15.1 Å². The molecule has 0 radical (unpaired) electrons. The minimum atomic E-state index is -1.62. The normalized spacial score (nSPS) is 26.8. The molecule has 0 saturated carbocycles. The second-order valence-electron chi connectivity index (χ2n) is 6.78. The van der Waals surface area contributed by atoms with Gasteiger partial charge in [-0.3, -0.25) is 9.59 Å². The molecule has 2 fully saturated rings. The Bertz CT molecular complexity index is 651. The Kier molecular flexibility index (Phi) is 4.69. The fourth-order valence-corrected chi connectivity index (χ4v) is 3.88. The highest BCUT2D eigenvalue weighted by Crippen LogP contribution is 2.31.